The van der Waals surface area contributed by atoms with E-state index in [2.05, 4.69) is 32.6 Å². The second-order valence-corrected chi connectivity index (χ2v) is 8.43. The van der Waals surface area contributed by atoms with E-state index in [0.29, 0.717) is 17.3 Å². The molecule has 0 bridgehead atoms. The van der Waals surface area contributed by atoms with Crippen LogP contribution in [0.15, 0.2) is 29.6 Å². The number of hydrogen-bond acceptors (Lipinski definition) is 6. The number of amides is 1. The molecule has 0 aliphatic carbocycles. The zero-order chi connectivity index (χ0) is 21.7. The number of carbonyl (C=O) groups excluding carboxylic acids is 1. The summed E-state index contributed by atoms with van der Waals surface area (Å²) in [6.45, 7) is 6.81. The highest BCUT2D eigenvalue weighted by Gasteiger charge is 2.17. The zero-order valence-corrected chi connectivity index (χ0v) is 18.6. The van der Waals surface area contributed by atoms with Crippen molar-refractivity contribution in [2.75, 3.05) is 17.6 Å². The van der Waals surface area contributed by atoms with Crippen molar-refractivity contribution in [3.63, 3.8) is 0 Å². The summed E-state index contributed by atoms with van der Waals surface area (Å²) in [5.74, 6) is 0.437. The van der Waals surface area contributed by atoms with E-state index in [0.717, 1.165) is 23.4 Å². The summed E-state index contributed by atoms with van der Waals surface area (Å²) in [6, 6.07) is 4.36. The Morgan fingerprint density at radius 1 is 1.33 bits per heavy atom. The number of rotatable bonds is 9. The fourth-order valence-electron chi connectivity index (χ4n) is 2.82. The lowest BCUT2D eigenvalue weighted by Gasteiger charge is -2.12. The Bertz CT molecular complexity index is 1020. The molecule has 0 spiro atoms. The summed E-state index contributed by atoms with van der Waals surface area (Å²) in [6.07, 6.45) is 2.73. The molecule has 3 aromatic rings. The third-order valence-electron chi connectivity index (χ3n) is 4.14. The van der Waals surface area contributed by atoms with E-state index in [1.54, 1.807) is 22.6 Å². The van der Waals surface area contributed by atoms with Crippen LogP contribution in [-0.4, -0.2) is 44.0 Å². The minimum Gasteiger partial charge on any atom is -0.367 e. The highest BCUT2D eigenvalue weighted by atomic mass is 35.5. The summed E-state index contributed by atoms with van der Waals surface area (Å²) < 4.78 is 15.6. The predicted octanol–water partition coefficient (Wildman–Crippen LogP) is 4.37. The fraction of sp³-hybridized carbons (Fsp3) is 0.400. The molecule has 0 unspecified atom stereocenters. The van der Waals surface area contributed by atoms with Gasteiger partial charge in [0, 0.05) is 18.3 Å². The largest absolute Gasteiger partial charge is 0.367 e. The third-order valence-corrected chi connectivity index (χ3v) is 5.50. The Hall–Kier alpha value is -2.39. The van der Waals surface area contributed by atoms with E-state index in [9.17, 15) is 9.18 Å². The van der Waals surface area contributed by atoms with Crippen molar-refractivity contribution in [2.45, 2.75) is 44.9 Å². The SMILES string of the molecule is CCCSc1nc(NC(C)C)c2cnn(CCNC(=O)c3c(F)cccc3Cl)c2n1. The Morgan fingerprint density at radius 3 is 2.83 bits per heavy atom. The number of aromatic nitrogens is 4. The van der Waals surface area contributed by atoms with Crippen LogP contribution in [0.1, 0.15) is 37.6 Å². The number of halogens is 2. The van der Waals surface area contributed by atoms with Gasteiger partial charge >= 0.3 is 0 Å². The molecule has 2 heterocycles. The summed E-state index contributed by atoms with van der Waals surface area (Å²) in [5.41, 5.74) is 0.526. The molecular weight excluding hydrogens is 427 g/mol. The topological polar surface area (TPSA) is 84.7 Å². The Balaban J connectivity index is 1.78. The molecule has 0 saturated heterocycles. The van der Waals surface area contributed by atoms with E-state index in [4.69, 9.17) is 11.6 Å². The Kier molecular flexibility index (Phi) is 7.49. The number of anilines is 1. The second-order valence-electron chi connectivity index (χ2n) is 6.96. The van der Waals surface area contributed by atoms with Crippen LogP contribution in [0.25, 0.3) is 11.0 Å². The Morgan fingerprint density at radius 2 is 2.13 bits per heavy atom. The summed E-state index contributed by atoms with van der Waals surface area (Å²) >= 11 is 7.54. The van der Waals surface area contributed by atoms with Crippen molar-refractivity contribution in [3.8, 4) is 0 Å². The molecule has 2 aromatic heterocycles. The predicted molar refractivity (Wildman–Crippen MR) is 119 cm³/mol. The van der Waals surface area contributed by atoms with E-state index in [-0.39, 0.29) is 23.2 Å². The van der Waals surface area contributed by atoms with Crippen LogP contribution >= 0.6 is 23.4 Å². The van der Waals surface area contributed by atoms with E-state index in [1.165, 1.54) is 18.2 Å². The standard InChI is InChI=1S/C20H24ClFN6OS/c1-4-10-30-20-26-17(25-12(2)3)13-11-24-28(18(13)27-20)9-8-23-19(29)16-14(21)6-5-7-15(16)22/h5-7,11-12H,4,8-10H2,1-3H3,(H,23,29)(H,25,26,27). The van der Waals surface area contributed by atoms with Crippen molar-refractivity contribution in [1.29, 1.82) is 0 Å². The van der Waals surface area contributed by atoms with E-state index >= 15 is 0 Å². The lowest BCUT2D eigenvalue weighted by molar-refractivity contribution is 0.0948. The highest BCUT2D eigenvalue weighted by molar-refractivity contribution is 7.99. The van der Waals surface area contributed by atoms with Crippen LogP contribution in [0.5, 0.6) is 0 Å². The zero-order valence-electron chi connectivity index (χ0n) is 17.1. The van der Waals surface area contributed by atoms with Gasteiger partial charge in [-0.25, -0.2) is 19.0 Å². The first kappa shape index (κ1) is 22.3. The summed E-state index contributed by atoms with van der Waals surface area (Å²) in [7, 11) is 0. The number of nitrogens with zero attached hydrogens (tertiary/aromatic N) is 4. The molecule has 0 radical (unpaired) electrons. The quantitative estimate of drug-likeness (QED) is 0.372. The van der Waals surface area contributed by atoms with Crippen LogP contribution in [0.2, 0.25) is 5.02 Å². The molecule has 0 fully saturated rings. The number of benzene rings is 1. The van der Waals surface area contributed by atoms with Crippen molar-refractivity contribution < 1.29 is 9.18 Å². The summed E-state index contributed by atoms with van der Waals surface area (Å²) in [4.78, 5) is 21.6. The average molecular weight is 451 g/mol. The van der Waals surface area contributed by atoms with Crippen LogP contribution in [0.3, 0.4) is 0 Å². The van der Waals surface area contributed by atoms with Gasteiger partial charge in [0.1, 0.15) is 11.6 Å². The van der Waals surface area contributed by atoms with Gasteiger partial charge in [-0.1, -0.05) is 36.4 Å². The van der Waals surface area contributed by atoms with Crippen LogP contribution in [0.4, 0.5) is 10.2 Å². The van der Waals surface area contributed by atoms with Gasteiger partial charge in [0.05, 0.1) is 28.7 Å². The van der Waals surface area contributed by atoms with Gasteiger partial charge in [-0.2, -0.15) is 5.10 Å². The fourth-order valence-corrected chi connectivity index (χ4v) is 3.76. The first-order chi connectivity index (χ1) is 14.4. The molecule has 0 aliphatic rings. The molecule has 3 rings (SSSR count). The van der Waals surface area contributed by atoms with Crippen LogP contribution < -0.4 is 10.6 Å². The van der Waals surface area contributed by atoms with Gasteiger partial charge in [0.2, 0.25) is 0 Å². The number of hydrogen-bond donors (Lipinski definition) is 2. The van der Waals surface area contributed by atoms with Crippen LogP contribution in [-0.2, 0) is 6.54 Å². The molecule has 0 atom stereocenters. The Labute approximate surface area is 183 Å². The molecule has 0 aliphatic heterocycles. The molecule has 2 N–H and O–H groups in total. The number of nitrogens with one attached hydrogen (secondary N) is 2. The molecule has 1 aromatic carbocycles. The van der Waals surface area contributed by atoms with Crippen molar-refractivity contribution in [3.05, 3.63) is 40.8 Å². The molecule has 10 heteroatoms. The van der Waals surface area contributed by atoms with Crippen molar-refractivity contribution in [1.82, 2.24) is 25.1 Å². The number of carbonyl (C=O) groups is 1. The number of fused-ring (bicyclic) bond motifs is 1. The van der Waals surface area contributed by atoms with Gasteiger partial charge in [0.15, 0.2) is 10.8 Å². The van der Waals surface area contributed by atoms with Crippen molar-refractivity contribution >= 4 is 46.1 Å². The molecule has 160 valence electrons. The average Bonchev–Trinajstić information content (AvgIpc) is 3.09. The van der Waals surface area contributed by atoms with Gasteiger partial charge in [-0.3, -0.25) is 4.79 Å². The van der Waals surface area contributed by atoms with Gasteiger partial charge in [-0.05, 0) is 32.4 Å². The molecular formula is C20H24ClFN6OS. The molecule has 7 nitrogen and oxygen atoms in total. The van der Waals surface area contributed by atoms with Gasteiger partial charge < -0.3 is 10.6 Å². The summed E-state index contributed by atoms with van der Waals surface area (Å²) in [5, 5.41) is 12.0. The maximum absolute atomic E-state index is 13.9. The van der Waals surface area contributed by atoms with Crippen LogP contribution in [0, 0.1) is 5.82 Å². The molecule has 0 saturated carbocycles. The van der Waals surface area contributed by atoms with E-state index in [1.807, 2.05) is 13.8 Å². The lowest BCUT2D eigenvalue weighted by atomic mass is 10.2. The third kappa shape index (κ3) is 5.20. The lowest BCUT2D eigenvalue weighted by Crippen LogP contribution is -2.28. The maximum Gasteiger partial charge on any atom is 0.255 e. The second kappa shape index (κ2) is 10.1. The number of thioether (sulfide) groups is 1. The first-order valence-electron chi connectivity index (χ1n) is 9.75. The monoisotopic (exact) mass is 450 g/mol. The normalized spacial score (nSPS) is 11.3. The minimum absolute atomic E-state index is 0.0757. The smallest absolute Gasteiger partial charge is 0.255 e. The van der Waals surface area contributed by atoms with Gasteiger partial charge in [-0.15, -0.1) is 0 Å². The highest BCUT2D eigenvalue weighted by Crippen LogP contribution is 2.25. The van der Waals surface area contributed by atoms with E-state index < -0.39 is 11.7 Å². The van der Waals surface area contributed by atoms with Gasteiger partial charge in [0.25, 0.3) is 5.91 Å². The van der Waals surface area contributed by atoms with Crippen molar-refractivity contribution in [2.24, 2.45) is 0 Å². The molecule has 1 amide bonds. The maximum atomic E-state index is 13.9. The minimum atomic E-state index is -0.653. The first-order valence-corrected chi connectivity index (χ1v) is 11.1. The molecule has 30 heavy (non-hydrogen) atoms.